The minimum Gasteiger partial charge on any atom is -0.375 e. The highest BCUT2D eigenvalue weighted by Gasteiger charge is 2.23. The minimum absolute atomic E-state index is 0.407. The van der Waals surface area contributed by atoms with Gasteiger partial charge in [0.05, 0.1) is 5.69 Å². The molecule has 0 spiro atoms. The first-order chi connectivity index (χ1) is 7.11. The Labute approximate surface area is 95.4 Å². The fourth-order valence-corrected chi connectivity index (χ4v) is 2.12. The van der Waals surface area contributed by atoms with Gasteiger partial charge in [-0.3, -0.25) is 10.0 Å². The van der Waals surface area contributed by atoms with Gasteiger partial charge >= 0.3 is 0 Å². The number of aryl methyl sites for hydroxylation is 1. The molecule has 1 aromatic carbocycles. The molecular weight excluding hydrogens is 206 g/mol. The van der Waals surface area contributed by atoms with E-state index in [9.17, 15) is 0 Å². The number of nitrogens with two attached hydrogens (primary N) is 1. The van der Waals surface area contributed by atoms with Crippen molar-refractivity contribution in [3.8, 4) is 0 Å². The van der Waals surface area contributed by atoms with Crippen molar-refractivity contribution in [2.75, 3.05) is 18.6 Å². The van der Waals surface area contributed by atoms with Crippen LogP contribution in [0.15, 0.2) is 18.2 Å². The van der Waals surface area contributed by atoms with Crippen molar-refractivity contribution in [2.24, 2.45) is 5.73 Å². The van der Waals surface area contributed by atoms with Gasteiger partial charge in [-0.05, 0) is 42.8 Å². The van der Waals surface area contributed by atoms with Gasteiger partial charge in [-0.15, -0.1) is 0 Å². The molecule has 1 aliphatic rings. The summed E-state index contributed by atoms with van der Waals surface area (Å²) in [6.07, 6.45) is 1.06. The zero-order valence-electron chi connectivity index (χ0n) is 9.03. The van der Waals surface area contributed by atoms with Gasteiger partial charge in [0.2, 0.25) is 0 Å². The number of rotatable bonds is 1. The molecule has 2 rings (SSSR count). The van der Waals surface area contributed by atoms with Gasteiger partial charge in [-0.25, -0.2) is 0 Å². The maximum absolute atomic E-state index is 5.63. The summed E-state index contributed by atoms with van der Waals surface area (Å²) in [4.78, 5) is 0. The molecule has 4 heteroatoms. The third kappa shape index (κ3) is 1.65. The largest absolute Gasteiger partial charge is 0.375 e. The number of hydrogen-bond acceptors (Lipinski definition) is 2. The lowest BCUT2D eigenvalue weighted by Crippen LogP contribution is -2.45. The summed E-state index contributed by atoms with van der Waals surface area (Å²) in [6.45, 7) is 3.09. The predicted molar refractivity (Wildman–Crippen MR) is 66.8 cm³/mol. The zero-order valence-corrected chi connectivity index (χ0v) is 9.84. The van der Waals surface area contributed by atoms with Crippen LogP contribution in [0.3, 0.4) is 0 Å². The normalized spacial score (nSPS) is 13.9. The topological polar surface area (TPSA) is 32.5 Å². The average molecular weight is 221 g/mol. The number of fused-ring (bicyclic) bond motifs is 1. The van der Waals surface area contributed by atoms with Crippen molar-refractivity contribution in [1.82, 2.24) is 5.01 Å². The van der Waals surface area contributed by atoms with Crippen LogP contribution in [0.1, 0.15) is 11.1 Å². The highest BCUT2D eigenvalue weighted by atomic mass is 32.1. The quantitative estimate of drug-likeness (QED) is 0.728. The first-order valence-electron chi connectivity index (χ1n) is 5.00. The van der Waals surface area contributed by atoms with Crippen LogP contribution in [0.5, 0.6) is 0 Å². The van der Waals surface area contributed by atoms with E-state index in [1.807, 2.05) is 12.1 Å². The van der Waals surface area contributed by atoms with Gasteiger partial charge in [0, 0.05) is 13.6 Å². The fraction of sp³-hybridized carbons (Fsp3) is 0.364. The van der Waals surface area contributed by atoms with Crippen molar-refractivity contribution in [3.05, 3.63) is 29.3 Å². The van der Waals surface area contributed by atoms with Gasteiger partial charge in [0.15, 0.2) is 5.11 Å². The monoisotopic (exact) mass is 221 g/mol. The van der Waals surface area contributed by atoms with E-state index in [0.717, 1.165) is 13.0 Å². The van der Waals surface area contributed by atoms with Gasteiger partial charge < -0.3 is 5.73 Å². The molecule has 0 amide bonds. The molecule has 0 saturated heterocycles. The Balaban J connectivity index is 2.37. The van der Waals surface area contributed by atoms with Crippen molar-refractivity contribution in [1.29, 1.82) is 0 Å². The van der Waals surface area contributed by atoms with Gasteiger partial charge in [0.25, 0.3) is 0 Å². The molecule has 0 atom stereocenters. The van der Waals surface area contributed by atoms with E-state index in [1.165, 1.54) is 16.8 Å². The SMILES string of the molecule is Cc1cccc2c1CCN2N(C)C(N)=S. The second-order valence-corrected chi connectivity index (χ2v) is 4.23. The van der Waals surface area contributed by atoms with Crippen LogP contribution in [-0.4, -0.2) is 23.7 Å². The Bertz CT molecular complexity index is 403. The fourth-order valence-electron chi connectivity index (χ4n) is 2.02. The molecule has 3 nitrogen and oxygen atoms in total. The molecule has 80 valence electrons. The van der Waals surface area contributed by atoms with E-state index >= 15 is 0 Å². The van der Waals surface area contributed by atoms with Gasteiger partial charge in [-0.2, -0.15) is 0 Å². The summed E-state index contributed by atoms with van der Waals surface area (Å²) < 4.78 is 0. The van der Waals surface area contributed by atoms with E-state index in [-0.39, 0.29) is 0 Å². The Morgan fingerprint density at radius 2 is 2.27 bits per heavy atom. The maximum Gasteiger partial charge on any atom is 0.185 e. The molecule has 15 heavy (non-hydrogen) atoms. The van der Waals surface area contributed by atoms with Crippen molar-refractivity contribution in [3.63, 3.8) is 0 Å². The Morgan fingerprint density at radius 1 is 1.53 bits per heavy atom. The number of hydrogen-bond donors (Lipinski definition) is 1. The summed E-state index contributed by atoms with van der Waals surface area (Å²) in [5.41, 5.74) is 9.60. The molecular formula is C11H15N3S. The molecule has 0 aromatic heterocycles. The number of benzene rings is 1. The molecule has 1 aromatic rings. The third-order valence-electron chi connectivity index (χ3n) is 2.92. The summed E-state index contributed by atoms with van der Waals surface area (Å²) in [6, 6.07) is 6.33. The standard InChI is InChI=1S/C11H15N3S/c1-8-4-3-5-10-9(8)6-7-14(10)13(2)11(12)15/h3-5H,6-7H2,1-2H3,(H2,12,15). The van der Waals surface area contributed by atoms with Crippen LogP contribution >= 0.6 is 12.2 Å². The van der Waals surface area contributed by atoms with E-state index in [4.69, 9.17) is 18.0 Å². The molecule has 0 bridgehead atoms. The third-order valence-corrected chi connectivity index (χ3v) is 3.18. The van der Waals surface area contributed by atoms with Gasteiger partial charge in [-0.1, -0.05) is 12.1 Å². The van der Waals surface area contributed by atoms with E-state index < -0.39 is 0 Å². The van der Waals surface area contributed by atoms with Crippen LogP contribution in [0, 0.1) is 6.92 Å². The summed E-state index contributed by atoms with van der Waals surface area (Å²) in [7, 11) is 1.90. The Morgan fingerprint density at radius 3 is 2.93 bits per heavy atom. The van der Waals surface area contributed by atoms with Crippen molar-refractivity contribution in [2.45, 2.75) is 13.3 Å². The first kappa shape index (κ1) is 10.2. The highest BCUT2D eigenvalue weighted by molar-refractivity contribution is 7.80. The second kappa shape index (κ2) is 3.70. The molecule has 0 saturated carbocycles. The van der Waals surface area contributed by atoms with Crippen LogP contribution in [0.4, 0.5) is 5.69 Å². The lowest BCUT2D eigenvalue weighted by molar-refractivity contribution is 0.473. The smallest absolute Gasteiger partial charge is 0.185 e. The molecule has 0 fully saturated rings. The van der Waals surface area contributed by atoms with Crippen LogP contribution in [-0.2, 0) is 6.42 Å². The van der Waals surface area contributed by atoms with Crippen molar-refractivity contribution < 1.29 is 0 Å². The summed E-state index contributed by atoms with van der Waals surface area (Å²) in [5, 5.41) is 4.37. The molecule has 1 heterocycles. The molecule has 0 radical (unpaired) electrons. The van der Waals surface area contributed by atoms with Gasteiger partial charge in [0.1, 0.15) is 0 Å². The van der Waals surface area contributed by atoms with E-state index in [1.54, 1.807) is 0 Å². The Kier molecular flexibility index (Phi) is 2.52. The van der Waals surface area contributed by atoms with Crippen LogP contribution in [0.25, 0.3) is 0 Å². The molecule has 0 aliphatic carbocycles. The van der Waals surface area contributed by atoms with Crippen LogP contribution < -0.4 is 10.7 Å². The summed E-state index contributed by atoms with van der Waals surface area (Å²) >= 11 is 4.98. The first-order valence-corrected chi connectivity index (χ1v) is 5.41. The Hall–Kier alpha value is -1.29. The highest BCUT2D eigenvalue weighted by Crippen LogP contribution is 2.30. The van der Waals surface area contributed by atoms with Crippen LogP contribution in [0.2, 0.25) is 0 Å². The van der Waals surface area contributed by atoms with Crippen molar-refractivity contribution >= 4 is 23.0 Å². The predicted octanol–water partition coefficient (Wildman–Crippen LogP) is 1.45. The lowest BCUT2D eigenvalue weighted by Gasteiger charge is -2.30. The molecule has 2 N–H and O–H groups in total. The zero-order chi connectivity index (χ0) is 11.0. The summed E-state index contributed by atoms with van der Waals surface area (Å²) in [5.74, 6) is 0. The number of hydrazine groups is 1. The lowest BCUT2D eigenvalue weighted by atomic mass is 10.1. The minimum atomic E-state index is 0.407. The van der Waals surface area contributed by atoms with E-state index in [2.05, 4.69) is 30.1 Å². The second-order valence-electron chi connectivity index (χ2n) is 3.81. The maximum atomic E-state index is 5.63. The van der Waals surface area contributed by atoms with E-state index in [0.29, 0.717) is 5.11 Å². The average Bonchev–Trinajstić information content (AvgIpc) is 2.61. The number of thiocarbonyl (C=S) groups is 1. The molecule has 0 unspecified atom stereocenters. The molecule has 1 aliphatic heterocycles. The number of anilines is 1. The number of nitrogens with zero attached hydrogens (tertiary/aromatic N) is 2.